The number of aromatic nitrogens is 2. The molecule has 0 atom stereocenters. The maximum atomic E-state index is 11.4. The molecule has 0 saturated carbocycles. The Bertz CT molecular complexity index is 573. The van der Waals surface area contributed by atoms with Crippen molar-refractivity contribution in [2.75, 3.05) is 7.11 Å². The third-order valence-corrected chi connectivity index (χ3v) is 3.27. The van der Waals surface area contributed by atoms with Crippen LogP contribution in [0.3, 0.4) is 0 Å². The molecule has 100 valence electrons. The fourth-order valence-electron chi connectivity index (χ4n) is 1.86. The second-order valence-corrected chi connectivity index (χ2v) is 4.69. The molecule has 1 heterocycles. The van der Waals surface area contributed by atoms with Crippen molar-refractivity contribution in [3.05, 3.63) is 52.3 Å². The third-order valence-electron chi connectivity index (χ3n) is 2.90. The van der Waals surface area contributed by atoms with E-state index in [-0.39, 0.29) is 12.4 Å². The number of hydrogen-bond acceptors (Lipinski definition) is 3. The summed E-state index contributed by atoms with van der Waals surface area (Å²) in [6, 6.07) is 7.74. The van der Waals surface area contributed by atoms with Crippen molar-refractivity contribution in [3.63, 3.8) is 0 Å². The number of halogens is 1. The highest BCUT2D eigenvalue weighted by Crippen LogP contribution is 2.16. The van der Waals surface area contributed by atoms with Gasteiger partial charge in [-0.25, -0.2) is 0 Å². The summed E-state index contributed by atoms with van der Waals surface area (Å²) in [5.74, 6) is -0.248. The van der Waals surface area contributed by atoms with Gasteiger partial charge in [-0.1, -0.05) is 35.9 Å². The van der Waals surface area contributed by atoms with Crippen LogP contribution in [0, 0.1) is 6.92 Å². The molecular formula is C14H15ClN2O2. The summed E-state index contributed by atoms with van der Waals surface area (Å²) < 4.78 is 6.47. The van der Waals surface area contributed by atoms with Gasteiger partial charge >= 0.3 is 5.97 Å². The topological polar surface area (TPSA) is 44.1 Å². The lowest BCUT2D eigenvalue weighted by Gasteiger charge is -2.08. The fourth-order valence-corrected chi connectivity index (χ4v) is 2.01. The molecule has 1 aromatic carbocycles. The molecule has 0 unspecified atom stereocenters. The number of esters is 1. The first kappa shape index (κ1) is 13.6. The van der Waals surface area contributed by atoms with Gasteiger partial charge in [0.15, 0.2) is 0 Å². The number of hydrogen-bond donors (Lipinski definition) is 0. The van der Waals surface area contributed by atoms with E-state index in [4.69, 9.17) is 16.3 Å². The van der Waals surface area contributed by atoms with Gasteiger partial charge in [0.05, 0.1) is 30.8 Å². The molecule has 2 aromatic rings. The Morgan fingerprint density at radius 3 is 2.63 bits per heavy atom. The molecule has 19 heavy (non-hydrogen) atoms. The van der Waals surface area contributed by atoms with Crippen molar-refractivity contribution < 1.29 is 9.53 Å². The number of nitrogens with zero attached hydrogens (tertiary/aromatic N) is 2. The van der Waals surface area contributed by atoms with Crippen molar-refractivity contribution >= 4 is 17.6 Å². The Morgan fingerprint density at radius 1 is 1.37 bits per heavy atom. The minimum atomic E-state index is -0.248. The number of rotatable bonds is 4. The SMILES string of the molecule is COC(=O)Cc1ccccc1Cn1cc(Cl)c(C)n1. The average molecular weight is 279 g/mol. The Kier molecular flexibility index (Phi) is 4.22. The first-order valence-corrected chi connectivity index (χ1v) is 6.31. The highest BCUT2D eigenvalue weighted by atomic mass is 35.5. The van der Waals surface area contributed by atoms with E-state index < -0.39 is 0 Å². The molecule has 0 saturated heterocycles. The lowest BCUT2D eigenvalue weighted by atomic mass is 10.0. The summed E-state index contributed by atoms with van der Waals surface area (Å²) in [4.78, 5) is 11.4. The van der Waals surface area contributed by atoms with Crippen LogP contribution < -0.4 is 0 Å². The zero-order valence-corrected chi connectivity index (χ0v) is 11.6. The van der Waals surface area contributed by atoms with Crippen LogP contribution in [0.2, 0.25) is 5.02 Å². The molecule has 0 radical (unpaired) electrons. The lowest BCUT2D eigenvalue weighted by Crippen LogP contribution is -2.09. The van der Waals surface area contributed by atoms with Crippen LogP contribution in [0.1, 0.15) is 16.8 Å². The van der Waals surface area contributed by atoms with Crippen LogP contribution in [0.25, 0.3) is 0 Å². The molecular weight excluding hydrogens is 264 g/mol. The van der Waals surface area contributed by atoms with E-state index in [1.807, 2.05) is 31.2 Å². The number of methoxy groups -OCH3 is 1. The minimum absolute atomic E-state index is 0.248. The van der Waals surface area contributed by atoms with Gasteiger partial charge in [0.2, 0.25) is 0 Å². The molecule has 0 fully saturated rings. The van der Waals surface area contributed by atoms with Crippen LogP contribution in [-0.2, 0) is 22.5 Å². The van der Waals surface area contributed by atoms with Gasteiger partial charge in [0.25, 0.3) is 0 Å². The van der Waals surface area contributed by atoms with Gasteiger partial charge in [0, 0.05) is 6.20 Å². The summed E-state index contributed by atoms with van der Waals surface area (Å²) >= 11 is 5.98. The monoisotopic (exact) mass is 278 g/mol. The Morgan fingerprint density at radius 2 is 2.05 bits per heavy atom. The predicted octanol–water partition coefficient (Wildman–Crippen LogP) is 2.61. The second kappa shape index (κ2) is 5.89. The minimum Gasteiger partial charge on any atom is -0.469 e. The van der Waals surface area contributed by atoms with Crippen molar-refractivity contribution in [2.24, 2.45) is 0 Å². The Labute approximate surface area is 116 Å². The van der Waals surface area contributed by atoms with Crippen LogP contribution in [0.15, 0.2) is 30.5 Å². The first-order chi connectivity index (χ1) is 9.10. The number of carbonyl (C=O) groups excluding carboxylic acids is 1. The molecule has 0 aliphatic carbocycles. The van der Waals surface area contributed by atoms with Gasteiger partial charge < -0.3 is 4.74 Å². The lowest BCUT2D eigenvalue weighted by molar-refractivity contribution is -0.139. The molecule has 0 bridgehead atoms. The van der Waals surface area contributed by atoms with Crippen molar-refractivity contribution in [3.8, 4) is 0 Å². The number of carbonyl (C=O) groups is 1. The Balaban J connectivity index is 2.22. The largest absolute Gasteiger partial charge is 0.469 e. The van der Waals surface area contributed by atoms with E-state index in [1.165, 1.54) is 7.11 Å². The fraction of sp³-hybridized carbons (Fsp3) is 0.286. The standard InChI is InChI=1S/C14H15ClN2O2/c1-10-13(15)9-17(16-10)8-12-6-4-3-5-11(12)7-14(18)19-2/h3-6,9H,7-8H2,1-2H3. The van der Waals surface area contributed by atoms with E-state index in [0.717, 1.165) is 16.8 Å². The van der Waals surface area contributed by atoms with Gasteiger partial charge in [-0.3, -0.25) is 9.48 Å². The second-order valence-electron chi connectivity index (χ2n) is 4.28. The summed E-state index contributed by atoms with van der Waals surface area (Å²) in [7, 11) is 1.39. The van der Waals surface area contributed by atoms with Gasteiger partial charge in [0.1, 0.15) is 0 Å². The molecule has 0 aliphatic heterocycles. The van der Waals surface area contributed by atoms with Crippen LogP contribution in [0.4, 0.5) is 0 Å². The summed E-state index contributed by atoms with van der Waals surface area (Å²) in [5.41, 5.74) is 2.78. The highest BCUT2D eigenvalue weighted by molar-refractivity contribution is 6.31. The van der Waals surface area contributed by atoms with Crippen LogP contribution >= 0.6 is 11.6 Å². The van der Waals surface area contributed by atoms with Crippen molar-refractivity contribution in [1.82, 2.24) is 9.78 Å². The van der Waals surface area contributed by atoms with Gasteiger partial charge in [-0.05, 0) is 18.1 Å². The third kappa shape index (κ3) is 3.35. The van der Waals surface area contributed by atoms with E-state index in [0.29, 0.717) is 11.6 Å². The number of benzene rings is 1. The van der Waals surface area contributed by atoms with Crippen LogP contribution in [0.5, 0.6) is 0 Å². The Hall–Kier alpha value is -1.81. The maximum Gasteiger partial charge on any atom is 0.309 e. The number of ether oxygens (including phenoxy) is 1. The van der Waals surface area contributed by atoms with Gasteiger partial charge in [-0.2, -0.15) is 5.10 Å². The van der Waals surface area contributed by atoms with Crippen molar-refractivity contribution in [1.29, 1.82) is 0 Å². The summed E-state index contributed by atoms with van der Waals surface area (Å²) in [5, 5.41) is 4.96. The highest BCUT2D eigenvalue weighted by Gasteiger charge is 2.09. The molecule has 1 aromatic heterocycles. The summed E-state index contributed by atoms with van der Waals surface area (Å²) in [6.45, 7) is 2.44. The van der Waals surface area contributed by atoms with Crippen LogP contribution in [-0.4, -0.2) is 22.9 Å². The maximum absolute atomic E-state index is 11.4. The smallest absolute Gasteiger partial charge is 0.309 e. The first-order valence-electron chi connectivity index (χ1n) is 5.93. The quantitative estimate of drug-likeness (QED) is 0.808. The molecule has 0 aliphatic rings. The molecule has 4 nitrogen and oxygen atoms in total. The van der Waals surface area contributed by atoms with E-state index >= 15 is 0 Å². The van der Waals surface area contributed by atoms with Gasteiger partial charge in [-0.15, -0.1) is 0 Å². The molecule has 0 spiro atoms. The molecule has 0 N–H and O–H groups in total. The summed E-state index contributed by atoms with van der Waals surface area (Å²) in [6.07, 6.45) is 2.05. The normalized spacial score (nSPS) is 10.5. The zero-order valence-electron chi connectivity index (χ0n) is 10.9. The zero-order chi connectivity index (χ0) is 13.8. The van der Waals surface area contributed by atoms with E-state index in [9.17, 15) is 4.79 Å². The molecule has 0 amide bonds. The van der Waals surface area contributed by atoms with Crippen molar-refractivity contribution in [2.45, 2.75) is 19.9 Å². The average Bonchev–Trinajstić information content (AvgIpc) is 2.70. The van der Waals surface area contributed by atoms with E-state index in [2.05, 4.69) is 5.10 Å². The number of aryl methyl sites for hydroxylation is 1. The molecule has 2 rings (SSSR count). The molecule has 5 heteroatoms. The predicted molar refractivity (Wildman–Crippen MR) is 73.2 cm³/mol. The van der Waals surface area contributed by atoms with E-state index in [1.54, 1.807) is 10.9 Å².